The van der Waals surface area contributed by atoms with Crippen LogP contribution in [0.15, 0.2) is 0 Å². The van der Waals surface area contributed by atoms with Crippen LogP contribution >= 0.6 is 0 Å². The molecule has 4 nitrogen and oxygen atoms in total. The van der Waals surface area contributed by atoms with E-state index in [1.54, 1.807) is 0 Å². The first-order valence-corrected chi connectivity index (χ1v) is 1.59. The van der Waals surface area contributed by atoms with Gasteiger partial charge in [-0.1, -0.05) is 0 Å². The zero-order chi connectivity index (χ0) is 4.99. The van der Waals surface area contributed by atoms with E-state index in [0.29, 0.717) is 6.67 Å². The van der Waals surface area contributed by atoms with Gasteiger partial charge in [0.05, 0.1) is 0 Å². The first kappa shape index (κ1) is 9.72. The van der Waals surface area contributed by atoms with Crippen molar-refractivity contribution >= 4 is 5.96 Å². The standard InChI is InChI=1S/C2H8N4.ClH/c3-1-6-2(4)5;/h1,3H2,(H4,4,5,6);1H. The Bertz CT molecular complexity index is 56.7. The maximum Gasteiger partial charge on any atom is 0.339 e. The van der Waals surface area contributed by atoms with Crippen LogP contribution in [-0.4, -0.2) is 12.6 Å². The molecule has 0 spiro atoms. The molecule has 0 aromatic heterocycles. The normalized spacial score (nSPS) is 6.43. The molecule has 0 unspecified atom stereocenters. The van der Waals surface area contributed by atoms with E-state index in [9.17, 15) is 0 Å². The van der Waals surface area contributed by atoms with Gasteiger partial charge in [0.1, 0.15) is 6.67 Å². The van der Waals surface area contributed by atoms with Crippen LogP contribution in [0.1, 0.15) is 0 Å². The molecule has 0 radical (unpaired) electrons. The van der Waals surface area contributed by atoms with Gasteiger partial charge in [-0.3, -0.25) is 16.5 Å². The van der Waals surface area contributed by atoms with E-state index < -0.39 is 0 Å². The monoisotopic (exact) mass is 124 g/mol. The van der Waals surface area contributed by atoms with Crippen LogP contribution in [-0.2, 0) is 0 Å². The summed E-state index contributed by atoms with van der Waals surface area (Å²) in [4.78, 5) is 2.46. The maximum atomic E-state index is 4.94. The van der Waals surface area contributed by atoms with E-state index in [4.69, 9.17) is 17.2 Å². The van der Waals surface area contributed by atoms with Crippen molar-refractivity contribution in [1.82, 2.24) is 0 Å². The summed E-state index contributed by atoms with van der Waals surface area (Å²) in [7, 11) is 0. The molecule has 0 saturated heterocycles. The molecule has 5 heteroatoms. The fourth-order valence-corrected chi connectivity index (χ4v) is 0.118. The second-order valence-corrected chi connectivity index (χ2v) is 0.836. The highest BCUT2D eigenvalue weighted by Crippen LogP contribution is 1.02. The second kappa shape index (κ2) is 5.52. The summed E-state index contributed by atoms with van der Waals surface area (Å²) in [6.45, 7) is 0.294. The lowest BCUT2D eigenvalue weighted by Gasteiger charge is -1.77. The van der Waals surface area contributed by atoms with Gasteiger partial charge in [-0.05, 0) is 0 Å². The van der Waals surface area contributed by atoms with Crippen molar-refractivity contribution in [3.63, 3.8) is 0 Å². The third kappa shape index (κ3) is 10.8. The molecule has 0 heterocycles. The van der Waals surface area contributed by atoms with Crippen LogP contribution in [0.4, 0.5) is 0 Å². The molecule has 0 atom stereocenters. The van der Waals surface area contributed by atoms with E-state index in [1.807, 2.05) is 0 Å². The predicted molar refractivity (Wildman–Crippen MR) is 23.4 cm³/mol. The molecular weight excluding hydrogens is 116 g/mol. The van der Waals surface area contributed by atoms with Gasteiger partial charge < -0.3 is 18.1 Å². The summed E-state index contributed by atoms with van der Waals surface area (Å²) in [5, 5.41) is 0. The Morgan fingerprint density at radius 3 is 1.86 bits per heavy atom. The van der Waals surface area contributed by atoms with Crippen LogP contribution in [0.5, 0.6) is 0 Å². The van der Waals surface area contributed by atoms with E-state index in [1.165, 1.54) is 0 Å². The zero-order valence-corrected chi connectivity index (χ0v) is 4.57. The Balaban J connectivity index is 0. The summed E-state index contributed by atoms with van der Waals surface area (Å²) in [5.41, 5.74) is 14.8. The average molecular weight is 125 g/mol. The molecular formula is C2H9ClN4. The second-order valence-electron chi connectivity index (χ2n) is 0.836. The minimum absolute atomic E-state index is 0. The Labute approximate surface area is 48.2 Å². The average Bonchev–Trinajstić information content (AvgIpc) is 1.35. The highest BCUT2D eigenvalue weighted by molar-refractivity contribution is 5.69. The summed E-state index contributed by atoms with van der Waals surface area (Å²) in [6, 6.07) is 0. The quantitative estimate of drug-likeness (QED) is 0.159. The summed E-state index contributed by atoms with van der Waals surface area (Å²) < 4.78 is 0. The number of hydrogen-bond donors (Lipinski definition) is 4. The third-order valence-corrected chi connectivity index (χ3v) is 0.306. The van der Waals surface area contributed by atoms with Gasteiger partial charge in [0.15, 0.2) is 0 Å². The van der Waals surface area contributed by atoms with Crippen LogP contribution in [0.25, 0.3) is 0 Å². The summed E-state index contributed by atoms with van der Waals surface area (Å²) in [5.74, 6) is 0.164. The fourth-order valence-electron chi connectivity index (χ4n) is 0.118. The molecule has 0 aliphatic rings. The molecule has 0 aromatic carbocycles. The topological polar surface area (TPSA) is 92.0 Å². The first-order valence-electron chi connectivity index (χ1n) is 1.59. The van der Waals surface area contributed by atoms with E-state index in [-0.39, 0.29) is 18.4 Å². The van der Waals surface area contributed by atoms with Crippen molar-refractivity contribution < 1.29 is 17.4 Å². The van der Waals surface area contributed by atoms with E-state index in [2.05, 4.69) is 4.99 Å². The van der Waals surface area contributed by atoms with Crippen molar-refractivity contribution in [3.05, 3.63) is 0 Å². The molecule has 0 aliphatic carbocycles. The SMILES string of the molecule is NC[NH+]=C(N)N.[Cl-]. The van der Waals surface area contributed by atoms with Gasteiger partial charge in [-0.15, -0.1) is 0 Å². The molecule has 0 fully saturated rings. The molecule has 0 aliphatic heterocycles. The molecule has 0 saturated carbocycles. The van der Waals surface area contributed by atoms with Crippen molar-refractivity contribution in [2.45, 2.75) is 0 Å². The zero-order valence-electron chi connectivity index (χ0n) is 3.82. The Kier molecular flexibility index (Phi) is 7.67. The van der Waals surface area contributed by atoms with Gasteiger partial charge in [0.2, 0.25) is 0 Å². The molecule has 0 bridgehead atoms. The van der Waals surface area contributed by atoms with Gasteiger partial charge in [-0.2, -0.15) is 0 Å². The number of hydrogen-bond acceptors (Lipinski definition) is 1. The lowest BCUT2D eigenvalue weighted by molar-refractivity contribution is -0.457. The fraction of sp³-hybridized carbons (Fsp3) is 0.500. The van der Waals surface area contributed by atoms with Gasteiger partial charge >= 0.3 is 5.96 Å². The molecule has 7 heavy (non-hydrogen) atoms. The first-order chi connectivity index (χ1) is 2.77. The van der Waals surface area contributed by atoms with Crippen molar-refractivity contribution in [1.29, 1.82) is 0 Å². The number of nitrogens with one attached hydrogen (secondary N) is 1. The highest BCUT2D eigenvalue weighted by atomic mass is 35.5. The summed E-state index contributed by atoms with van der Waals surface area (Å²) >= 11 is 0. The summed E-state index contributed by atoms with van der Waals surface area (Å²) in [6.07, 6.45) is 0. The number of guanidine groups is 1. The molecule has 0 rings (SSSR count). The van der Waals surface area contributed by atoms with Crippen LogP contribution < -0.4 is 34.6 Å². The Morgan fingerprint density at radius 1 is 1.43 bits per heavy atom. The third-order valence-electron chi connectivity index (χ3n) is 0.306. The largest absolute Gasteiger partial charge is 1.00 e. The molecule has 0 amide bonds. The van der Waals surface area contributed by atoms with Gasteiger partial charge in [-0.25, -0.2) is 0 Å². The highest BCUT2D eigenvalue weighted by Gasteiger charge is 1.75. The number of rotatable bonds is 1. The Hall–Kier alpha value is -0.480. The van der Waals surface area contributed by atoms with Gasteiger partial charge in [0, 0.05) is 0 Å². The van der Waals surface area contributed by atoms with Crippen LogP contribution in [0.3, 0.4) is 0 Å². The minimum atomic E-state index is 0. The molecule has 0 aromatic rings. The van der Waals surface area contributed by atoms with Gasteiger partial charge in [0.25, 0.3) is 0 Å². The number of nitrogens with two attached hydrogens (primary N) is 3. The minimum Gasteiger partial charge on any atom is -1.00 e. The smallest absolute Gasteiger partial charge is 0.339 e. The van der Waals surface area contributed by atoms with E-state index in [0.717, 1.165) is 0 Å². The van der Waals surface area contributed by atoms with E-state index >= 15 is 0 Å². The predicted octanol–water partition coefficient (Wildman–Crippen LogP) is -6.74. The van der Waals surface area contributed by atoms with Crippen molar-refractivity contribution in [2.24, 2.45) is 17.2 Å². The van der Waals surface area contributed by atoms with Crippen molar-refractivity contribution in [2.75, 3.05) is 6.67 Å². The molecule has 7 N–H and O–H groups in total. The molecule has 44 valence electrons. The van der Waals surface area contributed by atoms with Crippen LogP contribution in [0.2, 0.25) is 0 Å². The Morgan fingerprint density at radius 2 is 1.86 bits per heavy atom. The lowest BCUT2D eigenvalue weighted by Crippen LogP contribution is -3.00. The number of halogens is 1. The van der Waals surface area contributed by atoms with Crippen molar-refractivity contribution in [3.8, 4) is 0 Å². The lowest BCUT2D eigenvalue weighted by atomic mass is 11.0. The van der Waals surface area contributed by atoms with Crippen LogP contribution in [0, 0.1) is 0 Å². The maximum absolute atomic E-state index is 4.94.